The van der Waals surface area contributed by atoms with E-state index in [1.807, 2.05) is 37.4 Å². The van der Waals surface area contributed by atoms with Gasteiger partial charge in [0.2, 0.25) is 0 Å². The standard InChI is InChI=1S/C16H17N3O2S/c1-11-14(21-10-9-20)7-8-17-15(11)16-18-12-5-3-4-6-13(12)19(16)22-2/h3-8,20H,9-10H2,1-2H3. The van der Waals surface area contributed by atoms with Crippen LogP contribution in [0.15, 0.2) is 36.5 Å². The fourth-order valence-electron chi connectivity index (χ4n) is 2.39. The molecule has 2 aromatic heterocycles. The van der Waals surface area contributed by atoms with E-state index in [0.29, 0.717) is 0 Å². The van der Waals surface area contributed by atoms with Crippen LogP contribution in [0.1, 0.15) is 5.56 Å². The molecule has 0 aliphatic carbocycles. The van der Waals surface area contributed by atoms with Gasteiger partial charge in [-0.1, -0.05) is 12.1 Å². The second-order valence-corrected chi connectivity index (χ2v) is 5.49. The molecule has 2 heterocycles. The number of hydrogen-bond acceptors (Lipinski definition) is 5. The zero-order valence-electron chi connectivity index (χ0n) is 12.5. The van der Waals surface area contributed by atoms with Crippen molar-refractivity contribution in [3.63, 3.8) is 0 Å². The van der Waals surface area contributed by atoms with E-state index in [1.165, 1.54) is 0 Å². The number of fused-ring (bicyclic) bond motifs is 1. The first-order valence-electron chi connectivity index (χ1n) is 6.98. The van der Waals surface area contributed by atoms with E-state index >= 15 is 0 Å². The Morgan fingerprint density at radius 1 is 1.27 bits per heavy atom. The summed E-state index contributed by atoms with van der Waals surface area (Å²) in [4.78, 5) is 9.19. The van der Waals surface area contributed by atoms with Crippen molar-refractivity contribution in [2.24, 2.45) is 0 Å². The average molecular weight is 315 g/mol. The number of nitrogens with zero attached hydrogens (tertiary/aromatic N) is 3. The molecule has 0 unspecified atom stereocenters. The first-order chi connectivity index (χ1) is 10.8. The molecule has 1 aromatic carbocycles. The molecule has 0 radical (unpaired) electrons. The van der Waals surface area contributed by atoms with Gasteiger partial charge in [-0.15, -0.1) is 0 Å². The highest BCUT2D eigenvalue weighted by Gasteiger charge is 2.17. The van der Waals surface area contributed by atoms with Crippen molar-refractivity contribution in [1.82, 2.24) is 13.9 Å². The van der Waals surface area contributed by atoms with E-state index in [9.17, 15) is 0 Å². The van der Waals surface area contributed by atoms with E-state index < -0.39 is 0 Å². The van der Waals surface area contributed by atoms with Crippen LogP contribution in [0.5, 0.6) is 5.75 Å². The molecule has 0 amide bonds. The van der Waals surface area contributed by atoms with Crippen LogP contribution in [0.3, 0.4) is 0 Å². The van der Waals surface area contributed by atoms with Crippen LogP contribution >= 0.6 is 11.9 Å². The monoisotopic (exact) mass is 315 g/mol. The predicted octanol–water partition coefficient (Wildman–Crippen LogP) is 2.90. The highest BCUT2D eigenvalue weighted by atomic mass is 32.2. The molecule has 0 bridgehead atoms. The summed E-state index contributed by atoms with van der Waals surface area (Å²) < 4.78 is 7.63. The molecule has 0 aliphatic rings. The molecule has 3 rings (SSSR count). The first kappa shape index (κ1) is 14.9. The van der Waals surface area contributed by atoms with Gasteiger partial charge in [0.1, 0.15) is 18.1 Å². The van der Waals surface area contributed by atoms with E-state index in [4.69, 9.17) is 14.8 Å². The number of aliphatic hydroxyl groups excluding tert-OH is 1. The van der Waals surface area contributed by atoms with Gasteiger partial charge in [0, 0.05) is 18.0 Å². The van der Waals surface area contributed by atoms with Crippen LogP contribution in [0.4, 0.5) is 0 Å². The quantitative estimate of drug-likeness (QED) is 0.784. The Kier molecular flexibility index (Phi) is 4.31. The maximum absolute atomic E-state index is 8.92. The Labute approximate surface area is 133 Å². The SMILES string of the molecule is CSn1c(-c2nccc(OCCO)c2C)nc2ccccc21. The minimum atomic E-state index is -0.0135. The summed E-state index contributed by atoms with van der Waals surface area (Å²) in [6, 6.07) is 9.82. The molecule has 0 atom stereocenters. The largest absolute Gasteiger partial charge is 0.491 e. The number of hydrogen-bond donors (Lipinski definition) is 1. The van der Waals surface area contributed by atoms with Gasteiger partial charge in [-0.2, -0.15) is 0 Å². The average Bonchev–Trinajstić information content (AvgIpc) is 2.92. The summed E-state index contributed by atoms with van der Waals surface area (Å²) in [6.45, 7) is 2.21. The van der Waals surface area contributed by atoms with Crippen LogP contribution in [-0.4, -0.2) is 38.5 Å². The van der Waals surface area contributed by atoms with Gasteiger partial charge >= 0.3 is 0 Å². The number of aliphatic hydroxyl groups is 1. The van der Waals surface area contributed by atoms with Crippen LogP contribution in [0.25, 0.3) is 22.6 Å². The van der Waals surface area contributed by atoms with Crippen molar-refractivity contribution in [3.8, 4) is 17.3 Å². The molecule has 114 valence electrons. The topological polar surface area (TPSA) is 60.2 Å². The smallest absolute Gasteiger partial charge is 0.170 e. The maximum Gasteiger partial charge on any atom is 0.170 e. The van der Waals surface area contributed by atoms with Crippen LogP contribution in [0, 0.1) is 6.92 Å². The van der Waals surface area contributed by atoms with Gasteiger partial charge in [0.05, 0.1) is 17.6 Å². The van der Waals surface area contributed by atoms with Gasteiger partial charge in [0.25, 0.3) is 0 Å². The Morgan fingerprint density at radius 2 is 2.09 bits per heavy atom. The molecule has 0 aliphatic heterocycles. The first-order valence-corrected chi connectivity index (χ1v) is 8.16. The molecule has 0 spiro atoms. The molecule has 6 heteroatoms. The summed E-state index contributed by atoms with van der Waals surface area (Å²) in [7, 11) is 0. The predicted molar refractivity (Wildman–Crippen MR) is 89.2 cm³/mol. The zero-order valence-corrected chi connectivity index (χ0v) is 13.3. The van der Waals surface area contributed by atoms with Gasteiger partial charge in [-0.05, 0) is 37.1 Å². The van der Waals surface area contributed by atoms with Crippen molar-refractivity contribution >= 4 is 23.0 Å². The normalized spacial score (nSPS) is 11.0. The van der Waals surface area contributed by atoms with Crippen LogP contribution in [0.2, 0.25) is 0 Å². The second kappa shape index (κ2) is 6.37. The summed E-state index contributed by atoms with van der Waals surface area (Å²) in [5, 5.41) is 8.92. The number of aromatic nitrogens is 3. The molecular weight excluding hydrogens is 298 g/mol. The van der Waals surface area contributed by atoms with Crippen molar-refractivity contribution < 1.29 is 9.84 Å². The van der Waals surface area contributed by atoms with E-state index in [0.717, 1.165) is 33.9 Å². The molecule has 0 fully saturated rings. The fourth-order valence-corrected chi connectivity index (χ4v) is 3.04. The molecule has 3 aromatic rings. The number of para-hydroxylation sites is 2. The lowest BCUT2D eigenvalue weighted by molar-refractivity contribution is 0.200. The van der Waals surface area contributed by atoms with Crippen LogP contribution in [-0.2, 0) is 0 Å². The number of rotatable bonds is 5. The van der Waals surface area contributed by atoms with E-state index in [-0.39, 0.29) is 13.2 Å². The highest BCUT2D eigenvalue weighted by Crippen LogP contribution is 2.32. The summed E-state index contributed by atoms with van der Waals surface area (Å²) in [5.41, 5.74) is 3.71. The minimum Gasteiger partial charge on any atom is -0.491 e. The Morgan fingerprint density at radius 3 is 2.86 bits per heavy atom. The van der Waals surface area contributed by atoms with Gasteiger partial charge in [0.15, 0.2) is 5.82 Å². The van der Waals surface area contributed by atoms with Gasteiger partial charge < -0.3 is 9.84 Å². The third-order valence-electron chi connectivity index (χ3n) is 3.42. The lowest BCUT2D eigenvalue weighted by Gasteiger charge is -2.11. The van der Waals surface area contributed by atoms with Crippen molar-refractivity contribution in [2.75, 3.05) is 19.5 Å². The minimum absolute atomic E-state index is 0.0135. The third kappa shape index (κ3) is 2.55. The Balaban J connectivity index is 2.15. The van der Waals surface area contributed by atoms with Crippen molar-refractivity contribution in [1.29, 1.82) is 0 Å². The van der Waals surface area contributed by atoms with Gasteiger partial charge in [-0.3, -0.25) is 8.96 Å². The zero-order chi connectivity index (χ0) is 15.5. The molecule has 22 heavy (non-hydrogen) atoms. The molecule has 0 saturated carbocycles. The summed E-state index contributed by atoms with van der Waals surface area (Å²) in [5.74, 6) is 1.53. The molecule has 0 saturated heterocycles. The lowest BCUT2D eigenvalue weighted by Crippen LogP contribution is -2.04. The number of ether oxygens (including phenoxy) is 1. The number of imidazole rings is 1. The number of benzene rings is 1. The molecule has 5 nitrogen and oxygen atoms in total. The van der Waals surface area contributed by atoms with Crippen molar-refractivity contribution in [2.45, 2.75) is 6.92 Å². The Bertz CT molecular complexity index is 801. The summed E-state index contributed by atoms with van der Waals surface area (Å²) >= 11 is 1.59. The lowest BCUT2D eigenvalue weighted by atomic mass is 10.2. The van der Waals surface area contributed by atoms with Crippen molar-refractivity contribution in [3.05, 3.63) is 42.1 Å². The second-order valence-electron chi connectivity index (χ2n) is 4.76. The molecular formula is C16H17N3O2S. The summed E-state index contributed by atoms with van der Waals surface area (Å²) in [6.07, 6.45) is 3.72. The van der Waals surface area contributed by atoms with Crippen LogP contribution < -0.4 is 4.74 Å². The maximum atomic E-state index is 8.92. The van der Waals surface area contributed by atoms with E-state index in [2.05, 4.69) is 8.96 Å². The van der Waals surface area contributed by atoms with Gasteiger partial charge in [-0.25, -0.2) is 4.98 Å². The Hall–Kier alpha value is -2.05. The highest BCUT2D eigenvalue weighted by molar-refractivity contribution is 7.97. The number of pyridine rings is 1. The van der Waals surface area contributed by atoms with E-state index in [1.54, 1.807) is 24.2 Å². The molecule has 1 N–H and O–H groups in total. The third-order valence-corrected chi connectivity index (χ3v) is 4.15. The fraction of sp³-hybridized carbons (Fsp3) is 0.250.